The van der Waals surface area contributed by atoms with Crippen LogP contribution >= 0.6 is 0 Å². The Labute approximate surface area is 102 Å². The molecule has 0 aromatic heterocycles. The Hall–Kier alpha value is -1.26. The first-order chi connectivity index (χ1) is 7.95. The van der Waals surface area contributed by atoms with Gasteiger partial charge in [-0.25, -0.2) is 9.59 Å². The standard InChI is InChI=1S/C12H22N2O3/c1-4-9(3)13-12(17)14-6-5-8(2)7-10(14)11(15)16/h8-10H,4-7H2,1-3H3,(H,13,17)(H,15,16). The smallest absolute Gasteiger partial charge is 0.326 e. The van der Waals surface area contributed by atoms with Crippen molar-refractivity contribution < 1.29 is 14.7 Å². The van der Waals surface area contributed by atoms with Gasteiger partial charge in [-0.15, -0.1) is 0 Å². The number of urea groups is 1. The summed E-state index contributed by atoms with van der Waals surface area (Å²) in [7, 11) is 0. The van der Waals surface area contributed by atoms with Crippen molar-refractivity contribution in [1.82, 2.24) is 10.2 Å². The molecule has 0 spiro atoms. The van der Waals surface area contributed by atoms with Crippen molar-refractivity contribution in [3.63, 3.8) is 0 Å². The van der Waals surface area contributed by atoms with Gasteiger partial charge in [0.2, 0.25) is 0 Å². The quantitative estimate of drug-likeness (QED) is 0.791. The molecule has 0 aromatic rings. The minimum absolute atomic E-state index is 0.0799. The number of nitrogens with one attached hydrogen (secondary N) is 1. The number of carboxylic acid groups (broad SMARTS) is 1. The Kier molecular flexibility index (Phi) is 4.78. The molecule has 1 rings (SSSR count). The normalized spacial score (nSPS) is 26.4. The number of piperidine rings is 1. The molecule has 3 unspecified atom stereocenters. The lowest BCUT2D eigenvalue weighted by molar-refractivity contribution is -0.143. The zero-order chi connectivity index (χ0) is 13.0. The van der Waals surface area contributed by atoms with Crippen LogP contribution in [0, 0.1) is 5.92 Å². The largest absolute Gasteiger partial charge is 0.480 e. The van der Waals surface area contributed by atoms with Crippen LogP contribution in [0.1, 0.15) is 40.0 Å². The van der Waals surface area contributed by atoms with E-state index >= 15 is 0 Å². The Morgan fingerprint density at radius 2 is 2.18 bits per heavy atom. The van der Waals surface area contributed by atoms with E-state index in [1.807, 2.05) is 20.8 Å². The molecular formula is C12H22N2O3. The van der Waals surface area contributed by atoms with Crippen LogP contribution < -0.4 is 5.32 Å². The third-order valence-corrected chi connectivity index (χ3v) is 3.39. The maximum Gasteiger partial charge on any atom is 0.326 e. The first kappa shape index (κ1) is 13.8. The summed E-state index contributed by atoms with van der Waals surface area (Å²) in [6.07, 6.45) is 2.26. The fourth-order valence-electron chi connectivity index (χ4n) is 2.01. The Balaban J connectivity index is 2.66. The van der Waals surface area contributed by atoms with Crippen molar-refractivity contribution >= 4 is 12.0 Å². The number of rotatable bonds is 3. The summed E-state index contributed by atoms with van der Waals surface area (Å²) in [6.45, 7) is 6.46. The molecule has 2 amide bonds. The van der Waals surface area contributed by atoms with Gasteiger partial charge in [0.05, 0.1) is 0 Å². The monoisotopic (exact) mass is 242 g/mol. The number of carbonyl (C=O) groups excluding carboxylic acids is 1. The van der Waals surface area contributed by atoms with E-state index in [-0.39, 0.29) is 12.1 Å². The van der Waals surface area contributed by atoms with Gasteiger partial charge in [-0.05, 0) is 32.1 Å². The third kappa shape index (κ3) is 3.61. The summed E-state index contributed by atoms with van der Waals surface area (Å²) in [6, 6.07) is -0.849. The molecule has 1 aliphatic rings. The molecule has 0 saturated carbocycles. The Bertz CT molecular complexity index is 293. The zero-order valence-corrected chi connectivity index (χ0v) is 10.8. The van der Waals surface area contributed by atoms with Gasteiger partial charge < -0.3 is 15.3 Å². The second-order valence-corrected chi connectivity index (χ2v) is 4.94. The first-order valence-corrected chi connectivity index (χ1v) is 6.25. The van der Waals surface area contributed by atoms with Gasteiger partial charge in [-0.1, -0.05) is 13.8 Å². The lowest BCUT2D eigenvalue weighted by Gasteiger charge is -2.36. The van der Waals surface area contributed by atoms with Crippen molar-refractivity contribution in [1.29, 1.82) is 0 Å². The number of hydrogen-bond acceptors (Lipinski definition) is 2. The van der Waals surface area contributed by atoms with E-state index in [4.69, 9.17) is 5.11 Å². The molecule has 1 heterocycles. The second kappa shape index (κ2) is 5.89. The SMILES string of the molecule is CCC(C)NC(=O)N1CCC(C)CC1C(=O)O. The molecule has 0 aliphatic carbocycles. The molecular weight excluding hydrogens is 220 g/mol. The molecule has 98 valence electrons. The van der Waals surface area contributed by atoms with Gasteiger partial charge in [0.25, 0.3) is 0 Å². The third-order valence-electron chi connectivity index (χ3n) is 3.39. The Morgan fingerprint density at radius 3 is 2.71 bits per heavy atom. The lowest BCUT2D eigenvalue weighted by atomic mass is 9.93. The highest BCUT2D eigenvalue weighted by molar-refractivity contribution is 5.83. The van der Waals surface area contributed by atoms with Crippen molar-refractivity contribution in [2.75, 3.05) is 6.54 Å². The van der Waals surface area contributed by atoms with Crippen LogP contribution in [0.5, 0.6) is 0 Å². The van der Waals surface area contributed by atoms with Gasteiger partial charge in [-0.2, -0.15) is 0 Å². The molecule has 1 fully saturated rings. The number of carbonyl (C=O) groups is 2. The first-order valence-electron chi connectivity index (χ1n) is 6.25. The van der Waals surface area contributed by atoms with E-state index in [1.54, 1.807) is 0 Å². The number of hydrogen-bond donors (Lipinski definition) is 2. The van der Waals surface area contributed by atoms with Crippen LogP contribution in [-0.4, -0.2) is 40.6 Å². The van der Waals surface area contributed by atoms with E-state index < -0.39 is 12.0 Å². The number of amides is 2. The molecule has 0 radical (unpaired) electrons. The topological polar surface area (TPSA) is 69.6 Å². The fourth-order valence-corrected chi connectivity index (χ4v) is 2.01. The zero-order valence-electron chi connectivity index (χ0n) is 10.8. The molecule has 1 saturated heterocycles. The molecule has 2 N–H and O–H groups in total. The fraction of sp³-hybridized carbons (Fsp3) is 0.833. The molecule has 5 nitrogen and oxygen atoms in total. The minimum atomic E-state index is -0.907. The second-order valence-electron chi connectivity index (χ2n) is 4.94. The van der Waals surface area contributed by atoms with E-state index in [0.717, 1.165) is 12.8 Å². The highest BCUT2D eigenvalue weighted by Crippen LogP contribution is 2.22. The summed E-state index contributed by atoms with van der Waals surface area (Å²) in [5.41, 5.74) is 0. The molecule has 0 aromatic carbocycles. The summed E-state index contributed by atoms with van der Waals surface area (Å²) in [5, 5.41) is 12.0. The van der Waals surface area contributed by atoms with Crippen LogP contribution in [0.25, 0.3) is 0 Å². The average molecular weight is 242 g/mol. The average Bonchev–Trinajstić information content (AvgIpc) is 2.28. The van der Waals surface area contributed by atoms with Crippen LogP contribution in [0.15, 0.2) is 0 Å². The molecule has 0 bridgehead atoms. The number of aliphatic carboxylic acids is 1. The van der Waals surface area contributed by atoms with Crippen LogP contribution in [0.4, 0.5) is 4.79 Å². The summed E-state index contributed by atoms with van der Waals surface area (Å²) in [5.74, 6) is -0.542. The lowest BCUT2D eigenvalue weighted by Crippen LogP contribution is -2.54. The van der Waals surface area contributed by atoms with Crippen molar-refractivity contribution in [3.8, 4) is 0 Å². The van der Waals surface area contributed by atoms with E-state index in [2.05, 4.69) is 5.32 Å². The number of nitrogens with zero attached hydrogens (tertiary/aromatic N) is 1. The molecule has 3 atom stereocenters. The van der Waals surface area contributed by atoms with Gasteiger partial charge in [0.1, 0.15) is 6.04 Å². The van der Waals surface area contributed by atoms with Crippen molar-refractivity contribution in [2.45, 2.75) is 52.1 Å². The predicted molar refractivity (Wildman–Crippen MR) is 64.8 cm³/mol. The van der Waals surface area contributed by atoms with Gasteiger partial charge in [0, 0.05) is 12.6 Å². The molecule has 17 heavy (non-hydrogen) atoms. The van der Waals surface area contributed by atoms with Crippen LogP contribution in [0.2, 0.25) is 0 Å². The highest BCUT2D eigenvalue weighted by Gasteiger charge is 2.34. The predicted octanol–water partition coefficient (Wildman–Crippen LogP) is 1.68. The van der Waals surface area contributed by atoms with Gasteiger partial charge in [-0.3, -0.25) is 0 Å². The van der Waals surface area contributed by atoms with E-state index in [1.165, 1.54) is 4.90 Å². The van der Waals surface area contributed by atoms with Crippen molar-refractivity contribution in [3.05, 3.63) is 0 Å². The van der Waals surface area contributed by atoms with Gasteiger partial charge >= 0.3 is 12.0 Å². The van der Waals surface area contributed by atoms with Gasteiger partial charge in [0.15, 0.2) is 0 Å². The maximum atomic E-state index is 11.9. The summed E-state index contributed by atoms with van der Waals surface area (Å²) >= 11 is 0. The molecule has 5 heteroatoms. The maximum absolute atomic E-state index is 11.9. The highest BCUT2D eigenvalue weighted by atomic mass is 16.4. The summed E-state index contributed by atoms with van der Waals surface area (Å²) < 4.78 is 0. The number of likely N-dealkylation sites (tertiary alicyclic amines) is 1. The van der Waals surface area contributed by atoms with Crippen LogP contribution in [0.3, 0.4) is 0 Å². The summed E-state index contributed by atoms with van der Waals surface area (Å²) in [4.78, 5) is 24.5. The Morgan fingerprint density at radius 1 is 1.53 bits per heavy atom. The molecule has 1 aliphatic heterocycles. The van der Waals surface area contributed by atoms with E-state index in [0.29, 0.717) is 18.9 Å². The van der Waals surface area contributed by atoms with E-state index in [9.17, 15) is 9.59 Å². The van der Waals surface area contributed by atoms with Crippen molar-refractivity contribution in [2.24, 2.45) is 5.92 Å². The minimum Gasteiger partial charge on any atom is -0.480 e. The van der Waals surface area contributed by atoms with Crippen LogP contribution in [-0.2, 0) is 4.79 Å². The number of carboxylic acids is 1.